The lowest BCUT2D eigenvalue weighted by atomic mass is 10.4. The third-order valence-corrected chi connectivity index (χ3v) is 1.14. The van der Waals surface area contributed by atoms with E-state index in [9.17, 15) is 0 Å². The van der Waals surface area contributed by atoms with Crippen molar-refractivity contribution in [3.63, 3.8) is 0 Å². The van der Waals surface area contributed by atoms with E-state index in [-0.39, 0.29) is 0 Å². The fraction of sp³-hybridized carbons (Fsp3) is 0.500. The Morgan fingerprint density at radius 1 is 2.00 bits per heavy atom. The highest BCUT2D eigenvalue weighted by molar-refractivity contribution is 7.13. The monoisotopic (exact) mass is 103 g/mol. The summed E-state index contributed by atoms with van der Waals surface area (Å²) < 4.78 is 0. The zero-order valence-electron chi connectivity index (χ0n) is 3.94. The van der Waals surface area contributed by atoms with Gasteiger partial charge in [-0.15, -0.1) is 6.58 Å². The van der Waals surface area contributed by atoms with Crippen molar-refractivity contribution >= 4 is 9.39 Å². The Kier molecular flexibility index (Phi) is 3.40. The Balaban J connectivity index is 2.96. The highest BCUT2D eigenvalue weighted by Gasteiger charge is 1.81. The van der Waals surface area contributed by atoms with Gasteiger partial charge in [0.2, 0.25) is 0 Å². The number of rotatable bonds is 2. The minimum atomic E-state index is 0.412. The number of hydrogen-bond donors (Lipinski definition) is 1. The van der Waals surface area contributed by atoms with Crippen LogP contribution in [0, 0.1) is 0 Å². The van der Waals surface area contributed by atoms with Crippen LogP contribution >= 0.6 is 9.39 Å². The molecular formula is C4H10NP. The normalized spacial score (nSPS) is 13.7. The molecule has 0 saturated heterocycles. The minimum absolute atomic E-state index is 0.412. The summed E-state index contributed by atoms with van der Waals surface area (Å²) in [5, 5.41) is 2.91. The molecule has 1 nitrogen and oxygen atoms in total. The molecule has 2 heteroatoms. The van der Waals surface area contributed by atoms with Crippen LogP contribution in [-0.2, 0) is 0 Å². The molecule has 0 rings (SSSR count). The first-order valence-electron chi connectivity index (χ1n) is 1.90. The van der Waals surface area contributed by atoms with Crippen LogP contribution in [-0.4, -0.2) is 6.04 Å². The van der Waals surface area contributed by atoms with Crippen LogP contribution in [0.15, 0.2) is 12.7 Å². The van der Waals surface area contributed by atoms with E-state index < -0.39 is 0 Å². The van der Waals surface area contributed by atoms with Crippen LogP contribution in [0.4, 0.5) is 0 Å². The van der Waals surface area contributed by atoms with Crippen molar-refractivity contribution in [2.24, 2.45) is 0 Å². The highest BCUT2D eigenvalue weighted by atomic mass is 31.0. The molecule has 0 bridgehead atoms. The van der Waals surface area contributed by atoms with E-state index in [1.54, 1.807) is 0 Å². The molecule has 0 spiro atoms. The second kappa shape index (κ2) is 3.32. The molecule has 0 radical (unpaired) electrons. The largest absolute Gasteiger partial charge is 0.295 e. The fourth-order valence-electron chi connectivity index (χ4n) is 0.0680. The van der Waals surface area contributed by atoms with E-state index in [1.165, 1.54) is 0 Å². The quantitative estimate of drug-likeness (QED) is 0.405. The molecule has 0 aliphatic heterocycles. The Labute approximate surface area is 41.1 Å². The summed E-state index contributed by atoms with van der Waals surface area (Å²) in [6.45, 7) is 5.58. The van der Waals surface area contributed by atoms with Gasteiger partial charge in [-0.3, -0.25) is 5.09 Å². The lowest BCUT2D eigenvalue weighted by molar-refractivity contribution is 0.855. The summed E-state index contributed by atoms with van der Waals surface area (Å²) >= 11 is 0. The van der Waals surface area contributed by atoms with E-state index in [1.807, 2.05) is 13.0 Å². The van der Waals surface area contributed by atoms with Crippen molar-refractivity contribution in [1.29, 1.82) is 0 Å². The third-order valence-electron chi connectivity index (χ3n) is 0.616. The van der Waals surface area contributed by atoms with Crippen LogP contribution in [0.5, 0.6) is 0 Å². The molecule has 1 N–H and O–H groups in total. The molecule has 2 unspecified atom stereocenters. The molecule has 0 heterocycles. The summed E-state index contributed by atoms with van der Waals surface area (Å²) in [6.07, 6.45) is 1.84. The summed E-state index contributed by atoms with van der Waals surface area (Å²) in [7, 11) is 2.42. The van der Waals surface area contributed by atoms with E-state index in [0.29, 0.717) is 6.04 Å². The third kappa shape index (κ3) is 2.37. The van der Waals surface area contributed by atoms with Crippen molar-refractivity contribution in [3.05, 3.63) is 12.7 Å². The lowest BCUT2D eigenvalue weighted by Gasteiger charge is -1.97. The topological polar surface area (TPSA) is 12.0 Å². The van der Waals surface area contributed by atoms with Gasteiger partial charge in [0.1, 0.15) is 0 Å². The van der Waals surface area contributed by atoms with Gasteiger partial charge in [0.05, 0.1) is 0 Å². The van der Waals surface area contributed by atoms with Crippen molar-refractivity contribution in [3.8, 4) is 0 Å². The van der Waals surface area contributed by atoms with E-state index in [4.69, 9.17) is 0 Å². The summed E-state index contributed by atoms with van der Waals surface area (Å²) in [6, 6.07) is 0.412. The molecule has 0 aromatic carbocycles. The second-order valence-corrected chi connectivity index (χ2v) is 1.52. The molecule has 0 saturated carbocycles. The predicted octanol–water partition coefficient (Wildman–Crippen LogP) is 0.941. The average Bonchev–Trinajstić information content (AvgIpc) is 1.65. The Bertz CT molecular complexity index is 44.8. The molecule has 0 amide bonds. The first-order valence-corrected chi connectivity index (χ1v) is 2.47. The van der Waals surface area contributed by atoms with Crippen LogP contribution in [0.1, 0.15) is 6.92 Å². The lowest BCUT2D eigenvalue weighted by Crippen LogP contribution is -2.10. The Morgan fingerprint density at radius 3 is 2.50 bits per heavy atom. The van der Waals surface area contributed by atoms with E-state index in [2.05, 4.69) is 21.1 Å². The van der Waals surface area contributed by atoms with Crippen LogP contribution in [0.3, 0.4) is 0 Å². The minimum Gasteiger partial charge on any atom is -0.295 e. The molecule has 0 aliphatic carbocycles. The van der Waals surface area contributed by atoms with E-state index >= 15 is 0 Å². The second-order valence-electron chi connectivity index (χ2n) is 1.19. The molecule has 2 atom stereocenters. The van der Waals surface area contributed by atoms with Crippen molar-refractivity contribution in [2.45, 2.75) is 13.0 Å². The van der Waals surface area contributed by atoms with Crippen LogP contribution in [0.25, 0.3) is 0 Å². The van der Waals surface area contributed by atoms with Gasteiger partial charge >= 0.3 is 0 Å². The standard InChI is InChI=1S/C4H10NP/c1-3-4(2)5-6/h3-5H,1,6H2,2H3. The predicted molar refractivity (Wildman–Crippen MR) is 32.5 cm³/mol. The Hall–Kier alpha value is 0.130. The maximum absolute atomic E-state index is 3.56. The summed E-state index contributed by atoms with van der Waals surface area (Å²) in [5.74, 6) is 0. The van der Waals surface area contributed by atoms with Crippen LogP contribution < -0.4 is 5.09 Å². The van der Waals surface area contributed by atoms with Crippen molar-refractivity contribution < 1.29 is 0 Å². The maximum Gasteiger partial charge on any atom is 0.0250 e. The zero-order chi connectivity index (χ0) is 4.99. The molecule has 36 valence electrons. The van der Waals surface area contributed by atoms with Gasteiger partial charge < -0.3 is 0 Å². The zero-order valence-corrected chi connectivity index (χ0v) is 5.09. The van der Waals surface area contributed by atoms with Gasteiger partial charge in [0, 0.05) is 6.04 Å². The maximum atomic E-state index is 3.56. The number of hydrogen-bond acceptors (Lipinski definition) is 1. The van der Waals surface area contributed by atoms with E-state index in [0.717, 1.165) is 0 Å². The smallest absolute Gasteiger partial charge is 0.0250 e. The van der Waals surface area contributed by atoms with Gasteiger partial charge in [-0.1, -0.05) is 15.5 Å². The van der Waals surface area contributed by atoms with Gasteiger partial charge in [-0.25, -0.2) is 0 Å². The summed E-state index contributed by atoms with van der Waals surface area (Å²) in [5.41, 5.74) is 0. The fourth-order valence-corrected chi connectivity index (χ4v) is 0.204. The molecular weight excluding hydrogens is 93.0 g/mol. The molecule has 0 aromatic heterocycles. The van der Waals surface area contributed by atoms with Crippen molar-refractivity contribution in [2.75, 3.05) is 0 Å². The number of nitrogens with one attached hydrogen (secondary N) is 1. The van der Waals surface area contributed by atoms with Gasteiger partial charge in [-0.05, 0) is 6.92 Å². The Morgan fingerprint density at radius 2 is 2.50 bits per heavy atom. The molecule has 0 aromatic rings. The van der Waals surface area contributed by atoms with Gasteiger partial charge in [0.15, 0.2) is 0 Å². The van der Waals surface area contributed by atoms with Gasteiger partial charge in [-0.2, -0.15) is 0 Å². The first-order chi connectivity index (χ1) is 2.81. The summed E-state index contributed by atoms with van der Waals surface area (Å²) in [4.78, 5) is 0. The van der Waals surface area contributed by atoms with Crippen molar-refractivity contribution in [1.82, 2.24) is 5.09 Å². The SMILES string of the molecule is C=CC(C)NP. The first kappa shape index (κ1) is 6.13. The molecule has 0 fully saturated rings. The van der Waals surface area contributed by atoms with Crippen LogP contribution in [0.2, 0.25) is 0 Å². The average molecular weight is 103 g/mol. The molecule has 0 aliphatic rings. The molecule has 6 heavy (non-hydrogen) atoms. The van der Waals surface area contributed by atoms with Gasteiger partial charge in [0.25, 0.3) is 0 Å². The highest BCUT2D eigenvalue weighted by Crippen LogP contribution is 1.81.